The second-order valence-corrected chi connectivity index (χ2v) is 5.47. The summed E-state index contributed by atoms with van der Waals surface area (Å²) in [6.07, 6.45) is 0.395. The molecule has 0 saturated carbocycles. The quantitative estimate of drug-likeness (QED) is 0.704. The number of nitrogens with two attached hydrogens (primary N) is 1. The smallest absolute Gasteiger partial charge is 0.303 e. The molecule has 110 valence electrons. The molecule has 1 aromatic carbocycles. The van der Waals surface area contributed by atoms with E-state index in [1.54, 1.807) is 0 Å². The molecule has 0 heterocycles. The van der Waals surface area contributed by atoms with E-state index in [4.69, 9.17) is 10.8 Å². The first-order valence-electron chi connectivity index (χ1n) is 6.64. The van der Waals surface area contributed by atoms with Gasteiger partial charge in [0, 0.05) is 18.5 Å². The van der Waals surface area contributed by atoms with Crippen LogP contribution in [0, 0.1) is 0 Å². The molecule has 20 heavy (non-hydrogen) atoms. The van der Waals surface area contributed by atoms with Crippen LogP contribution in [0.5, 0.6) is 0 Å². The molecule has 0 saturated heterocycles. The largest absolute Gasteiger partial charge is 0.481 e. The van der Waals surface area contributed by atoms with Crippen molar-refractivity contribution >= 4 is 11.9 Å². The van der Waals surface area contributed by atoms with E-state index in [9.17, 15) is 9.59 Å². The van der Waals surface area contributed by atoms with Crippen LogP contribution >= 0.6 is 0 Å². The van der Waals surface area contributed by atoms with Crippen LogP contribution in [-0.2, 0) is 9.59 Å². The van der Waals surface area contributed by atoms with Crippen molar-refractivity contribution in [1.82, 2.24) is 5.32 Å². The highest BCUT2D eigenvalue weighted by molar-refractivity contribution is 5.84. The number of hydrogen-bond donors (Lipinski definition) is 3. The Hall–Kier alpha value is -1.88. The van der Waals surface area contributed by atoms with Crippen molar-refractivity contribution in [2.24, 2.45) is 5.73 Å². The van der Waals surface area contributed by atoms with Gasteiger partial charge in [0.15, 0.2) is 0 Å². The molecule has 1 aromatic rings. The Balaban J connectivity index is 2.70. The molecule has 4 N–H and O–H groups in total. The number of amides is 1. The minimum absolute atomic E-state index is 0.0198. The van der Waals surface area contributed by atoms with Gasteiger partial charge in [-0.15, -0.1) is 0 Å². The summed E-state index contributed by atoms with van der Waals surface area (Å²) in [5.74, 6) is -1.46. The Bertz CT molecular complexity index is 457. The van der Waals surface area contributed by atoms with Crippen LogP contribution in [0.2, 0.25) is 0 Å². The standard InChI is InChI=1S/C15H22N2O3/c1-15(2,9-8-13(18)19)17-14(20)12(10-16)11-6-4-3-5-7-11/h3-7,12H,8-10,16H2,1-2H3,(H,17,20)(H,18,19). The molecule has 1 atom stereocenters. The summed E-state index contributed by atoms with van der Waals surface area (Å²) in [6.45, 7) is 3.84. The summed E-state index contributed by atoms with van der Waals surface area (Å²) in [5.41, 5.74) is 5.98. The van der Waals surface area contributed by atoms with Crippen LogP contribution < -0.4 is 11.1 Å². The van der Waals surface area contributed by atoms with Gasteiger partial charge in [-0.2, -0.15) is 0 Å². The molecule has 1 amide bonds. The molecule has 0 fully saturated rings. The van der Waals surface area contributed by atoms with E-state index in [1.807, 2.05) is 44.2 Å². The topological polar surface area (TPSA) is 92.4 Å². The number of carbonyl (C=O) groups is 2. The lowest BCUT2D eigenvalue weighted by molar-refractivity contribution is -0.138. The van der Waals surface area contributed by atoms with E-state index < -0.39 is 17.4 Å². The highest BCUT2D eigenvalue weighted by atomic mass is 16.4. The lowest BCUT2D eigenvalue weighted by Gasteiger charge is -2.28. The highest BCUT2D eigenvalue weighted by Gasteiger charge is 2.26. The average molecular weight is 278 g/mol. The third-order valence-electron chi connectivity index (χ3n) is 3.18. The molecule has 0 aliphatic rings. The Morgan fingerprint density at radius 2 is 1.90 bits per heavy atom. The van der Waals surface area contributed by atoms with Gasteiger partial charge in [-0.1, -0.05) is 30.3 Å². The zero-order valence-electron chi connectivity index (χ0n) is 11.9. The van der Waals surface area contributed by atoms with Gasteiger partial charge in [0.2, 0.25) is 5.91 Å². The summed E-state index contributed by atoms with van der Waals surface area (Å²) >= 11 is 0. The Morgan fingerprint density at radius 1 is 1.30 bits per heavy atom. The molecule has 0 aromatic heterocycles. The van der Waals surface area contributed by atoms with Gasteiger partial charge >= 0.3 is 5.97 Å². The molecule has 1 unspecified atom stereocenters. The van der Waals surface area contributed by atoms with E-state index in [0.29, 0.717) is 6.42 Å². The summed E-state index contributed by atoms with van der Waals surface area (Å²) < 4.78 is 0. The number of aliphatic carboxylic acids is 1. The van der Waals surface area contributed by atoms with E-state index in [1.165, 1.54) is 0 Å². The van der Waals surface area contributed by atoms with E-state index >= 15 is 0 Å². The SMILES string of the molecule is CC(C)(CCC(=O)O)NC(=O)C(CN)c1ccccc1. The predicted molar refractivity (Wildman–Crippen MR) is 77.3 cm³/mol. The zero-order chi connectivity index (χ0) is 15.2. The third kappa shape index (κ3) is 5.01. The lowest BCUT2D eigenvalue weighted by Crippen LogP contribution is -2.47. The van der Waals surface area contributed by atoms with Crippen LogP contribution in [-0.4, -0.2) is 29.1 Å². The minimum Gasteiger partial charge on any atom is -0.481 e. The lowest BCUT2D eigenvalue weighted by atomic mass is 9.94. The summed E-state index contributed by atoms with van der Waals surface area (Å²) in [4.78, 5) is 22.9. The van der Waals surface area contributed by atoms with Gasteiger partial charge in [0.25, 0.3) is 0 Å². The number of carbonyl (C=O) groups excluding carboxylic acids is 1. The summed E-state index contributed by atoms with van der Waals surface area (Å²) in [5, 5.41) is 11.6. The maximum atomic E-state index is 12.3. The fourth-order valence-corrected chi connectivity index (χ4v) is 1.98. The number of hydrogen-bond acceptors (Lipinski definition) is 3. The summed E-state index contributed by atoms with van der Waals surface area (Å²) in [6, 6.07) is 9.33. The first-order chi connectivity index (χ1) is 9.35. The van der Waals surface area contributed by atoms with Gasteiger partial charge < -0.3 is 16.2 Å². The highest BCUT2D eigenvalue weighted by Crippen LogP contribution is 2.18. The Kier molecular flexibility index (Phi) is 5.70. The monoisotopic (exact) mass is 278 g/mol. The maximum Gasteiger partial charge on any atom is 0.303 e. The maximum absolute atomic E-state index is 12.3. The molecular formula is C15H22N2O3. The van der Waals surface area contributed by atoms with Gasteiger partial charge in [0.05, 0.1) is 5.92 Å². The number of carboxylic acids is 1. The second kappa shape index (κ2) is 7.05. The minimum atomic E-state index is -0.870. The number of carboxylic acid groups (broad SMARTS) is 1. The molecule has 1 rings (SSSR count). The van der Waals surface area contributed by atoms with E-state index in [0.717, 1.165) is 5.56 Å². The first-order valence-corrected chi connectivity index (χ1v) is 6.64. The molecule has 0 aliphatic carbocycles. The van der Waals surface area contributed by atoms with E-state index in [2.05, 4.69) is 5.32 Å². The van der Waals surface area contributed by atoms with Gasteiger partial charge in [-0.05, 0) is 25.8 Å². The molecule has 0 radical (unpaired) electrons. The van der Waals surface area contributed by atoms with Crippen molar-refractivity contribution in [1.29, 1.82) is 0 Å². The van der Waals surface area contributed by atoms with Crippen molar-refractivity contribution in [2.45, 2.75) is 38.1 Å². The summed E-state index contributed by atoms with van der Waals surface area (Å²) in [7, 11) is 0. The van der Waals surface area contributed by atoms with Crippen LogP contribution in [0.3, 0.4) is 0 Å². The van der Waals surface area contributed by atoms with Crippen LogP contribution in [0.15, 0.2) is 30.3 Å². The third-order valence-corrected chi connectivity index (χ3v) is 3.18. The number of benzene rings is 1. The first kappa shape index (κ1) is 16.2. The molecule has 5 heteroatoms. The van der Waals surface area contributed by atoms with Crippen molar-refractivity contribution in [3.63, 3.8) is 0 Å². The second-order valence-electron chi connectivity index (χ2n) is 5.47. The van der Waals surface area contributed by atoms with Crippen LogP contribution in [0.4, 0.5) is 0 Å². The molecular weight excluding hydrogens is 256 g/mol. The fraction of sp³-hybridized carbons (Fsp3) is 0.467. The number of nitrogens with one attached hydrogen (secondary N) is 1. The molecule has 0 aliphatic heterocycles. The van der Waals surface area contributed by atoms with Crippen molar-refractivity contribution in [3.8, 4) is 0 Å². The predicted octanol–water partition coefficient (Wildman–Crippen LogP) is 1.49. The van der Waals surface area contributed by atoms with Gasteiger partial charge in [0.1, 0.15) is 0 Å². The van der Waals surface area contributed by atoms with Crippen LogP contribution in [0.1, 0.15) is 38.2 Å². The molecule has 0 spiro atoms. The van der Waals surface area contributed by atoms with Crippen molar-refractivity contribution in [3.05, 3.63) is 35.9 Å². The van der Waals surface area contributed by atoms with Gasteiger partial charge in [-0.25, -0.2) is 0 Å². The van der Waals surface area contributed by atoms with Gasteiger partial charge in [-0.3, -0.25) is 9.59 Å². The van der Waals surface area contributed by atoms with Crippen LogP contribution in [0.25, 0.3) is 0 Å². The fourth-order valence-electron chi connectivity index (χ4n) is 1.98. The average Bonchev–Trinajstić information content (AvgIpc) is 2.38. The molecule has 0 bridgehead atoms. The number of rotatable bonds is 7. The van der Waals surface area contributed by atoms with Crippen molar-refractivity contribution in [2.75, 3.05) is 6.54 Å². The molecule has 5 nitrogen and oxygen atoms in total. The van der Waals surface area contributed by atoms with Crippen molar-refractivity contribution < 1.29 is 14.7 Å². The normalized spacial score (nSPS) is 12.8. The van der Waals surface area contributed by atoms with E-state index in [-0.39, 0.29) is 18.9 Å². The zero-order valence-corrected chi connectivity index (χ0v) is 11.9. The Morgan fingerprint density at radius 3 is 2.40 bits per heavy atom. The Labute approximate surface area is 119 Å².